The summed E-state index contributed by atoms with van der Waals surface area (Å²) in [7, 11) is 0. The molecule has 1 N–H and O–H groups in total. The number of alkyl halides is 1. The first-order valence-electron chi connectivity index (χ1n) is 4.11. The van der Waals surface area contributed by atoms with Gasteiger partial charge in [-0.2, -0.15) is 0 Å². The number of nitrogens with zero attached hydrogens (tertiary/aromatic N) is 1. The normalized spacial score (nSPS) is 20.4. The fourth-order valence-corrected chi connectivity index (χ4v) is 1.53. The maximum absolute atomic E-state index is 5.65. The Morgan fingerprint density at radius 1 is 1.57 bits per heavy atom. The van der Waals surface area contributed by atoms with Gasteiger partial charge in [0.05, 0.1) is 17.3 Å². The average molecular weight is 276 g/mol. The molecule has 2 rings (SSSR count). The van der Waals surface area contributed by atoms with Gasteiger partial charge in [-0.3, -0.25) is 15.3 Å². The monoisotopic (exact) mass is 274 g/mol. The third kappa shape index (κ3) is 2.08. The molecule has 0 radical (unpaired) electrons. The molecule has 74 valence electrons. The van der Waals surface area contributed by atoms with Crippen LogP contribution in [0.15, 0.2) is 28.9 Å². The molecule has 1 aromatic heterocycles. The van der Waals surface area contributed by atoms with E-state index in [1.807, 2.05) is 18.2 Å². The van der Waals surface area contributed by atoms with Crippen LogP contribution in [0.3, 0.4) is 0 Å². The van der Waals surface area contributed by atoms with Gasteiger partial charge in [-0.15, -0.1) is 11.6 Å². The van der Waals surface area contributed by atoms with Crippen LogP contribution >= 0.6 is 27.5 Å². The molecular weight excluding hydrogens is 267 g/mol. The lowest BCUT2D eigenvalue weighted by Gasteiger charge is -2.02. The van der Waals surface area contributed by atoms with Crippen molar-refractivity contribution in [2.45, 2.75) is 6.10 Å². The summed E-state index contributed by atoms with van der Waals surface area (Å²) >= 11 is 8.97. The van der Waals surface area contributed by atoms with Crippen LogP contribution in [0.4, 0.5) is 0 Å². The summed E-state index contributed by atoms with van der Waals surface area (Å²) < 4.78 is 0.953. The van der Waals surface area contributed by atoms with Crippen LogP contribution in [0.2, 0.25) is 0 Å². The molecule has 0 unspecified atom stereocenters. The molecule has 14 heavy (non-hydrogen) atoms. The quantitative estimate of drug-likeness (QED) is 0.841. The highest BCUT2D eigenvalue weighted by Crippen LogP contribution is 2.18. The molecule has 2 heterocycles. The molecule has 5 heteroatoms. The van der Waals surface area contributed by atoms with Crippen LogP contribution < -0.4 is 5.48 Å². The molecule has 0 saturated carbocycles. The van der Waals surface area contributed by atoms with Gasteiger partial charge in [0.2, 0.25) is 0 Å². The van der Waals surface area contributed by atoms with E-state index in [4.69, 9.17) is 16.4 Å². The van der Waals surface area contributed by atoms with E-state index >= 15 is 0 Å². The number of aromatic nitrogens is 1. The van der Waals surface area contributed by atoms with Gasteiger partial charge < -0.3 is 0 Å². The predicted molar refractivity (Wildman–Crippen MR) is 58.6 cm³/mol. The molecule has 1 aromatic rings. The second kappa shape index (κ2) is 4.29. The molecule has 1 atom stereocenters. The molecule has 0 spiro atoms. The summed E-state index contributed by atoms with van der Waals surface area (Å²) in [5, 5.41) is 0. The molecule has 0 saturated heterocycles. The third-order valence-corrected chi connectivity index (χ3v) is 2.60. The van der Waals surface area contributed by atoms with Gasteiger partial charge in [-0.05, 0) is 34.1 Å². The molecule has 0 aliphatic carbocycles. The minimum Gasteiger partial charge on any atom is -0.267 e. The highest BCUT2D eigenvalue weighted by molar-refractivity contribution is 9.10. The zero-order valence-corrected chi connectivity index (χ0v) is 9.55. The fourth-order valence-electron chi connectivity index (χ4n) is 1.14. The predicted octanol–water partition coefficient (Wildman–Crippen LogP) is 2.33. The van der Waals surface area contributed by atoms with Crippen molar-refractivity contribution in [3.05, 3.63) is 34.6 Å². The first-order chi connectivity index (χ1) is 6.79. The van der Waals surface area contributed by atoms with Gasteiger partial charge in [-0.1, -0.05) is 0 Å². The Morgan fingerprint density at radius 2 is 2.43 bits per heavy atom. The van der Waals surface area contributed by atoms with E-state index in [0.717, 1.165) is 15.9 Å². The van der Waals surface area contributed by atoms with Gasteiger partial charge in [0.1, 0.15) is 6.10 Å². The van der Waals surface area contributed by atoms with E-state index in [2.05, 4.69) is 26.4 Å². The lowest BCUT2D eigenvalue weighted by Crippen LogP contribution is -2.13. The van der Waals surface area contributed by atoms with Crippen LogP contribution in [-0.4, -0.2) is 17.0 Å². The zero-order valence-electron chi connectivity index (χ0n) is 7.21. The van der Waals surface area contributed by atoms with E-state index in [1.54, 1.807) is 6.20 Å². The second-order valence-electron chi connectivity index (χ2n) is 2.85. The minimum atomic E-state index is -0.0721. The first-order valence-corrected chi connectivity index (χ1v) is 5.44. The van der Waals surface area contributed by atoms with Crippen molar-refractivity contribution in [1.82, 2.24) is 10.5 Å². The Hall–Kier alpha value is -0.580. The van der Waals surface area contributed by atoms with E-state index in [1.165, 1.54) is 0 Å². The van der Waals surface area contributed by atoms with E-state index < -0.39 is 0 Å². The largest absolute Gasteiger partial charge is 0.267 e. The molecule has 3 nitrogen and oxygen atoms in total. The smallest absolute Gasteiger partial charge is 0.119 e. The first kappa shape index (κ1) is 9.96. The Balaban J connectivity index is 2.20. The number of pyridine rings is 1. The Bertz CT molecular complexity index is 352. The third-order valence-electron chi connectivity index (χ3n) is 1.83. The van der Waals surface area contributed by atoms with Gasteiger partial charge >= 0.3 is 0 Å². The number of nitrogens with one attached hydrogen (secondary N) is 1. The van der Waals surface area contributed by atoms with Crippen LogP contribution in [0.1, 0.15) is 5.69 Å². The summed E-state index contributed by atoms with van der Waals surface area (Å²) in [4.78, 5) is 9.40. The van der Waals surface area contributed by atoms with Crippen molar-refractivity contribution in [2.75, 3.05) is 5.88 Å². The number of rotatable bonds is 2. The van der Waals surface area contributed by atoms with Crippen molar-refractivity contribution in [1.29, 1.82) is 0 Å². The van der Waals surface area contributed by atoms with Crippen molar-refractivity contribution in [3.63, 3.8) is 0 Å². The second-order valence-corrected chi connectivity index (χ2v) is 4.08. The van der Waals surface area contributed by atoms with Crippen LogP contribution in [0.5, 0.6) is 0 Å². The molecular formula is C9H8BrClN2O. The SMILES string of the molecule is ClC[C@H]1C=C(c2ccc(Br)cn2)NO1. The summed E-state index contributed by atoms with van der Waals surface area (Å²) in [6, 6.07) is 3.84. The van der Waals surface area contributed by atoms with E-state index in [0.29, 0.717) is 5.88 Å². The molecule has 0 amide bonds. The number of hydrogen-bond acceptors (Lipinski definition) is 3. The maximum atomic E-state index is 5.65. The lowest BCUT2D eigenvalue weighted by atomic mass is 10.2. The van der Waals surface area contributed by atoms with Crippen molar-refractivity contribution in [2.24, 2.45) is 0 Å². The lowest BCUT2D eigenvalue weighted by molar-refractivity contribution is 0.0643. The van der Waals surface area contributed by atoms with E-state index in [9.17, 15) is 0 Å². The van der Waals surface area contributed by atoms with Crippen molar-refractivity contribution < 1.29 is 4.84 Å². The number of halogens is 2. The Labute approximate surface area is 95.2 Å². The zero-order chi connectivity index (χ0) is 9.97. The molecule has 1 aliphatic rings. The van der Waals surface area contributed by atoms with Gasteiger partial charge in [0, 0.05) is 10.7 Å². The van der Waals surface area contributed by atoms with Crippen molar-refractivity contribution >= 4 is 33.2 Å². The summed E-state index contributed by atoms with van der Waals surface area (Å²) in [6.07, 6.45) is 3.59. The summed E-state index contributed by atoms with van der Waals surface area (Å²) in [5.41, 5.74) is 4.50. The van der Waals surface area contributed by atoms with Gasteiger partial charge in [0.15, 0.2) is 0 Å². The highest BCUT2D eigenvalue weighted by Gasteiger charge is 2.16. The van der Waals surface area contributed by atoms with Gasteiger partial charge in [-0.25, -0.2) is 0 Å². The van der Waals surface area contributed by atoms with Crippen LogP contribution in [0, 0.1) is 0 Å². The molecule has 0 aromatic carbocycles. The molecule has 0 bridgehead atoms. The topological polar surface area (TPSA) is 34.2 Å². The molecule has 0 fully saturated rings. The Morgan fingerprint density at radius 3 is 3.00 bits per heavy atom. The summed E-state index contributed by atoms with van der Waals surface area (Å²) in [6.45, 7) is 0. The number of hydroxylamine groups is 1. The van der Waals surface area contributed by atoms with Crippen molar-refractivity contribution in [3.8, 4) is 0 Å². The minimum absolute atomic E-state index is 0.0721. The highest BCUT2D eigenvalue weighted by atomic mass is 79.9. The fraction of sp³-hybridized carbons (Fsp3) is 0.222. The van der Waals surface area contributed by atoms with Gasteiger partial charge in [0.25, 0.3) is 0 Å². The van der Waals surface area contributed by atoms with E-state index in [-0.39, 0.29) is 6.10 Å². The maximum Gasteiger partial charge on any atom is 0.119 e. The van der Waals surface area contributed by atoms with Crippen LogP contribution in [0.25, 0.3) is 5.70 Å². The summed E-state index contributed by atoms with van der Waals surface area (Å²) in [5.74, 6) is 0.438. The Kier molecular flexibility index (Phi) is 3.05. The van der Waals surface area contributed by atoms with Crippen LogP contribution in [-0.2, 0) is 4.84 Å². The molecule has 1 aliphatic heterocycles. The average Bonchev–Trinajstić information content (AvgIpc) is 2.67. The standard InChI is InChI=1S/C9H8BrClN2O/c10-6-1-2-8(12-5-6)9-3-7(4-11)14-13-9/h1-3,5,7,13H,4H2/t7-/m1/s1. The number of hydrogen-bond donors (Lipinski definition) is 1.